The zero-order valence-electron chi connectivity index (χ0n) is 6.17. The van der Waals surface area contributed by atoms with Gasteiger partial charge in [0.1, 0.15) is 10.4 Å². The Labute approximate surface area is 77.2 Å². The fraction of sp³-hybridized carbons (Fsp3) is 0.333. The van der Waals surface area contributed by atoms with Gasteiger partial charge in [0.2, 0.25) is 5.91 Å². The van der Waals surface area contributed by atoms with Crippen LogP contribution in [0.2, 0.25) is 0 Å². The summed E-state index contributed by atoms with van der Waals surface area (Å²) in [5, 5.41) is 7.06. The highest BCUT2D eigenvalue weighted by Crippen LogP contribution is 2.15. The number of nitrogens with one attached hydrogen (secondary N) is 2. The molecule has 0 aliphatic carbocycles. The molecule has 2 rings (SSSR count). The Morgan fingerprint density at radius 3 is 3.33 bits per heavy atom. The Hall–Kier alpha value is -1.04. The molecule has 1 aliphatic heterocycles. The van der Waals surface area contributed by atoms with E-state index in [-0.39, 0.29) is 5.91 Å². The highest BCUT2D eigenvalue weighted by molar-refractivity contribution is 9.10. The van der Waals surface area contributed by atoms with Crippen molar-refractivity contribution in [2.45, 2.75) is 6.42 Å². The summed E-state index contributed by atoms with van der Waals surface area (Å²) >= 11 is 3.21. The van der Waals surface area contributed by atoms with Crippen LogP contribution >= 0.6 is 15.9 Å². The molecule has 2 N–H and O–H groups in total. The third kappa shape index (κ3) is 1.29. The second-order valence-corrected chi connectivity index (χ2v) is 3.29. The quantitative estimate of drug-likeness (QED) is 0.684. The van der Waals surface area contributed by atoms with Gasteiger partial charge >= 0.3 is 0 Å². The van der Waals surface area contributed by atoms with Crippen molar-refractivity contribution in [3.63, 3.8) is 0 Å². The van der Waals surface area contributed by atoms with Crippen molar-refractivity contribution in [2.75, 3.05) is 17.3 Å². The molecule has 0 atom stereocenters. The first kappa shape index (κ1) is 7.60. The number of aromatic nitrogens is 2. The minimum atomic E-state index is -0.0307. The van der Waals surface area contributed by atoms with Gasteiger partial charge in [0, 0.05) is 19.0 Å². The Bertz CT molecular complexity index is 321. The van der Waals surface area contributed by atoms with Crippen molar-refractivity contribution in [2.24, 2.45) is 0 Å². The average Bonchev–Trinajstić information content (AvgIpc) is 2.23. The van der Waals surface area contributed by atoms with Gasteiger partial charge in [-0.15, -0.1) is 5.10 Å². The highest BCUT2D eigenvalue weighted by atomic mass is 79.9. The van der Waals surface area contributed by atoms with Crippen LogP contribution in [0, 0.1) is 0 Å². The van der Waals surface area contributed by atoms with Gasteiger partial charge < -0.3 is 5.32 Å². The summed E-state index contributed by atoms with van der Waals surface area (Å²) in [6.07, 6.45) is 0.473. The second kappa shape index (κ2) is 2.78. The van der Waals surface area contributed by atoms with Gasteiger partial charge in [0.15, 0.2) is 0 Å². The number of carbonyl (C=O) groups excluding carboxylic acids is 1. The molecule has 1 amide bonds. The van der Waals surface area contributed by atoms with Crippen LogP contribution in [0.15, 0.2) is 10.7 Å². The molecule has 0 bridgehead atoms. The van der Waals surface area contributed by atoms with Gasteiger partial charge in [-0.2, -0.15) is 4.79 Å². The van der Waals surface area contributed by atoms with Crippen LogP contribution in [0.5, 0.6) is 0 Å². The molecule has 64 valence electrons. The monoisotopic (exact) mass is 230 g/mol. The molecule has 1 aromatic heterocycles. The van der Waals surface area contributed by atoms with E-state index in [9.17, 15) is 4.79 Å². The first-order chi connectivity index (χ1) is 5.75. The fourth-order valence-electron chi connectivity index (χ4n) is 1.04. The molecule has 5 nitrogen and oxygen atoms in total. The molecule has 0 radical (unpaired) electrons. The summed E-state index contributed by atoms with van der Waals surface area (Å²) in [4.78, 5) is 12.5. The Balaban J connectivity index is 2.36. The van der Waals surface area contributed by atoms with Crippen LogP contribution in [0.4, 0.5) is 5.82 Å². The lowest BCUT2D eigenvalue weighted by molar-refractivity contribution is -0.116. The van der Waals surface area contributed by atoms with Crippen LogP contribution in [0.1, 0.15) is 6.42 Å². The summed E-state index contributed by atoms with van der Waals surface area (Å²) in [6.45, 7) is 0.643. The number of nitrogens with zero attached hydrogens (tertiary/aromatic N) is 2. The second-order valence-electron chi connectivity index (χ2n) is 2.48. The van der Waals surface area contributed by atoms with E-state index < -0.39 is 0 Å². The van der Waals surface area contributed by atoms with E-state index in [0.717, 1.165) is 5.82 Å². The van der Waals surface area contributed by atoms with E-state index in [1.165, 1.54) is 4.79 Å². The van der Waals surface area contributed by atoms with Gasteiger partial charge in [-0.25, -0.2) is 5.43 Å². The molecule has 0 saturated carbocycles. The first-order valence-electron chi connectivity index (χ1n) is 3.55. The number of amides is 1. The van der Waals surface area contributed by atoms with E-state index >= 15 is 0 Å². The molecule has 0 spiro atoms. The largest absolute Gasteiger partial charge is 0.368 e. The van der Waals surface area contributed by atoms with E-state index in [2.05, 4.69) is 31.8 Å². The Morgan fingerprint density at radius 1 is 1.67 bits per heavy atom. The molecule has 0 fully saturated rings. The lowest BCUT2D eigenvalue weighted by atomic mass is 10.4. The minimum Gasteiger partial charge on any atom is -0.368 e. The molecular weight excluding hydrogens is 224 g/mol. The van der Waals surface area contributed by atoms with Crippen molar-refractivity contribution in [1.29, 1.82) is 0 Å². The van der Waals surface area contributed by atoms with Crippen LogP contribution in [-0.4, -0.2) is 22.3 Å². The van der Waals surface area contributed by atoms with Crippen molar-refractivity contribution >= 4 is 27.7 Å². The number of carbonyl (C=O) groups is 1. The molecule has 1 aromatic rings. The summed E-state index contributed by atoms with van der Waals surface area (Å²) in [6, 6.07) is 1.81. The Morgan fingerprint density at radius 2 is 2.50 bits per heavy atom. The lowest BCUT2D eigenvalue weighted by Gasteiger charge is -2.01. The van der Waals surface area contributed by atoms with Gasteiger partial charge in [-0.3, -0.25) is 4.79 Å². The van der Waals surface area contributed by atoms with Crippen molar-refractivity contribution < 1.29 is 4.79 Å². The number of fused-ring (bicyclic) bond motifs is 1. The molecule has 0 saturated heterocycles. The third-order valence-electron chi connectivity index (χ3n) is 1.57. The predicted molar refractivity (Wildman–Crippen MR) is 47.4 cm³/mol. The molecule has 6 heteroatoms. The molecule has 1 aliphatic rings. The zero-order valence-corrected chi connectivity index (χ0v) is 7.76. The van der Waals surface area contributed by atoms with Crippen LogP contribution < -0.4 is 10.7 Å². The maximum atomic E-state index is 11.0. The SMILES string of the molecule is O=C1CCNc2cc(Br)nn2N1. The maximum Gasteiger partial charge on any atom is 0.241 e. The van der Waals surface area contributed by atoms with Crippen molar-refractivity contribution in [3.05, 3.63) is 10.7 Å². The number of anilines is 1. The summed E-state index contributed by atoms with van der Waals surface area (Å²) in [5.41, 5.74) is 2.62. The maximum absolute atomic E-state index is 11.0. The fourth-order valence-corrected chi connectivity index (χ4v) is 1.42. The topological polar surface area (TPSA) is 59.0 Å². The molecule has 0 aromatic carbocycles. The zero-order chi connectivity index (χ0) is 8.55. The summed E-state index contributed by atoms with van der Waals surface area (Å²) in [5.74, 6) is 0.768. The molecule has 0 unspecified atom stereocenters. The molecule has 12 heavy (non-hydrogen) atoms. The number of hydrogen-bond donors (Lipinski definition) is 2. The third-order valence-corrected chi connectivity index (χ3v) is 1.96. The van der Waals surface area contributed by atoms with Crippen molar-refractivity contribution in [3.8, 4) is 0 Å². The van der Waals surface area contributed by atoms with Crippen LogP contribution in [-0.2, 0) is 4.79 Å². The van der Waals surface area contributed by atoms with Gasteiger partial charge in [0.25, 0.3) is 0 Å². The minimum absolute atomic E-state index is 0.0307. The van der Waals surface area contributed by atoms with Crippen LogP contribution in [0.25, 0.3) is 0 Å². The average molecular weight is 231 g/mol. The van der Waals surface area contributed by atoms with Crippen LogP contribution in [0.3, 0.4) is 0 Å². The van der Waals surface area contributed by atoms with E-state index in [4.69, 9.17) is 0 Å². The summed E-state index contributed by atoms with van der Waals surface area (Å²) in [7, 11) is 0. The van der Waals surface area contributed by atoms with E-state index in [0.29, 0.717) is 17.6 Å². The molecular formula is C6H7BrN4O. The predicted octanol–water partition coefficient (Wildman–Crippen LogP) is 0.531. The van der Waals surface area contributed by atoms with Gasteiger partial charge in [-0.05, 0) is 15.9 Å². The van der Waals surface area contributed by atoms with Gasteiger partial charge in [0.05, 0.1) is 0 Å². The number of halogens is 1. The van der Waals surface area contributed by atoms with E-state index in [1.54, 1.807) is 0 Å². The smallest absolute Gasteiger partial charge is 0.241 e. The van der Waals surface area contributed by atoms with Gasteiger partial charge in [-0.1, -0.05) is 0 Å². The normalized spacial score (nSPS) is 15.9. The summed E-state index contributed by atoms with van der Waals surface area (Å²) < 4.78 is 0.701. The number of rotatable bonds is 0. The first-order valence-corrected chi connectivity index (χ1v) is 4.34. The lowest BCUT2D eigenvalue weighted by Crippen LogP contribution is -2.21. The Kier molecular flexibility index (Phi) is 1.76. The van der Waals surface area contributed by atoms with Crippen molar-refractivity contribution in [1.82, 2.24) is 9.89 Å². The van der Waals surface area contributed by atoms with E-state index in [1.807, 2.05) is 6.07 Å². The highest BCUT2D eigenvalue weighted by Gasteiger charge is 2.12. The molecule has 2 heterocycles. The standard InChI is InChI=1S/C6H7BrN4O/c7-4-3-5-8-2-1-6(12)10-11(5)9-4/h3,8H,1-2H2,(H,10,12). The number of hydrogen-bond acceptors (Lipinski definition) is 3.